The highest BCUT2D eigenvalue weighted by atomic mass is 19.1. The van der Waals surface area contributed by atoms with Gasteiger partial charge in [0.1, 0.15) is 11.6 Å². The van der Waals surface area contributed by atoms with Gasteiger partial charge in [0.05, 0.1) is 5.69 Å². The summed E-state index contributed by atoms with van der Waals surface area (Å²) in [7, 11) is 0. The Morgan fingerprint density at radius 3 is 2.23 bits per heavy atom. The SMILES string of the molecule is CC(=O)c1ccc(N2CCN(C(=O)C(C)Oc3ccc(C(C)C)c(C)c3)CC2)c(F)c1. The van der Waals surface area contributed by atoms with E-state index in [1.807, 2.05) is 17.0 Å². The summed E-state index contributed by atoms with van der Waals surface area (Å²) in [5.74, 6) is 0.479. The van der Waals surface area contributed by atoms with Gasteiger partial charge in [0.15, 0.2) is 11.9 Å². The minimum Gasteiger partial charge on any atom is -0.481 e. The zero-order valence-electron chi connectivity index (χ0n) is 18.9. The molecule has 31 heavy (non-hydrogen) atoms. The average molecular weight is 427 g/mol. The van der Waals surface area contributed by atoms with Crippen LogP contribution in [0.3, 0.4) is 0 Å². The standard InChI is InChI=1S/C25H31FN2O3/c1-16(2)22-8-7-21(14-17(22)3)31-19(5)25(30)28-12-10-27(11-13-28)24-9-6-20(18(4)29)15-23(24)26/h6-9,14-16,19H,10-13H2,1-5H3. The number of hydrogen-bond acceptors (Lipinski definition) is 4. The number of halogens is 1. The maximum absolute atomic E-state index is 14.4. The van der Waals surface area contributed by atoms with Crippen molar-refractivity contribution in [3.05, 3.63) is 58.9 Å². The van der Waals surface area contributed by atoms with Crippen molar-refractivity contribution in [3.8, 4) is 5.75 Å². The molecule has 166 valence electrons. The molecule has 2 aromatic carbocycles. The summed E-state index contributed by atoms with van der Waals surface area (Å²) in [6, 6.07) is 10.5. The third-order valence-corrected chi connectivity index (χ3v) is 5.81. The van der Waals surface area contributed by atoms with Gasteiger partial charge in [-0.1, -0.05) is 19.9 Å². The molecule has 0 aromatic heterocycles. The summed E-state index contributed by atoms with van der Waals surface area (Å²) in [4.78, 5) is 28.0. The van der Waals surface area contributed by atoms with Gasteiger partial charge in [-0.25, -0.2) is 4.39 Å². The quantitative estimate of drug-likeness (QED) is 0.635. The molecule has 1 saturated heterocycles. The van der Waals surface area contributed by atoms with E-state index in [1.54, 1.807) is 24.0 Å². The van der Waals surface area contributed by atoms with Crippen molar-refractivity contribution in [1.82, 2.24) is 4.90 Å². The summed E-state index contributed by atoms with van der Waals surface area (Å²) in [6.45, 7) is 11.6. The second-order valence-electron chi connectivity index (χ2n) is 8.47. The first kappa shape index (κ1) is 22.8. The van der Waals surface area contributed by atoms with Crippen molar-refractivity contribution in [2.24, 2.45) is 0 Å². The van der Waals surface area contributed by atoms with E-state index >= 15 is 0 Å². The maximum Gasteiger partial charge on any atom is 0.263 e. The first-order chi connectivity index (χ1) is 14.7. The van der Waals surface area contributed by atoms with Gasteiger partial charge in [0.25, 0.3) is 5.91 Å². The lowest BCUT2D eigenvalue weighted by atomic mass is 9.98. The predicted molar refractivity (Wildman–Crippen MR) is 121 cm³/mol. The number of anilines is 1. The Morgan fingerprint density at radius 2 is 1.68 bits per heavy atom. The third kappa shape index (κ3) is 5.24. The van der Waals surface area contributed by atoms with E-state index in [-0.39, 0.29) is 11.7 Å². The van der Waals surface area contributed by atoms with Crippen molar-refractivity contribution < 1.29 is 18.7 Å². The average Bonchev–Trinajstić information content (AvgIpc) is 2.73. The van der Waals surface area contributed by atoms with Gasteiger partial charge < -0.3 is 14.5 Å². The Labute approximate surface area is 183 Å². The van der Waals surface area contributed by atoms with Crippen LogP contribution in [0.5, 0.6) is 5.75 Å². The number of carbonyl (C=O) groups is 2. The van der Waals surface area contributed by atoms with Gasteiger partial charge in [0.2, 0.25) is 0 Å². The summed E-state index contributed by atoms with van der Waals surface area (Å²) < 4.78 is 20.4. The molecule has 0 bridgehead atoms. The van der Waals surface area contributed by atoms with Crippen LogP contribution in [0.1, 0.15) is 55.1 Å². The fourth-order valence-electron chi connectivity index (χ4n) is 4.03. The van der Waals surface area contributed by atoms with Crippen LogP contribution < -0.4 is 9.64 Å². The van der Waals surface area contributed by atoms with E-state index in [9.17, 15) is 14.0 Å². The zero-order valence-corrected chi connectivity index (χ0v) is 18.9. The minimum atomic E-state index is -0.595. The Morgan fingerprint density at radius 1 is 1.00 bits per heavy atom. The van der Waals surface area contributed by atoms with E-state index in [2.05, 4.69) is 26.8 Å². The van der Waals surface area contributed by atoms with E-state index < -0.39 is 11.9 Å². The Balaban J connectivity index is 1.58. The molecule has 2 aromatic rings. The van der Waals surface area contributed by atoms with Gasteiger partial charge >= 0.3 is 0 Å². The molecule has 1 atom stereocenters. The number of rotatable bonds is 6. The van der Waals surface area contributed by atoms with Crippen LogP contribution >= 0.6 is 0 Å². The number of aryl methyl sites for hydroxylation is 1. The van der Waals surface area contributed by atoms with E-state index in [1.165, 1.54) is 18.6 Å². The number of ketones is 1. The van der Waals surface area contributed by atoms with Gasteiger partial charge in [-0.2, -0.15) is 0 Å². The summed E-state index contributed by atoms with van der Waals surface area (Å²) >= 11 is 0. The molecule has 0 spiro atoms. The molecule has 5 nitrogen and oxygen atoms in total. The molecule has 1 fully saturated rings. The van der Waals surface area contributed by atoms with Gasteiger partial charge in [0, 0.05) is 31.7 Å². The lowest BCUT2D eigenvalue weighted by molar-refractivity contribution is -0.138. The molecule has 1 aliphatic heterocycles. The normalized spacial score (nSPS) is 15.2. The molecule has 1 heterocycles. The number of amides is 1. The molecular formula is C25H31FN2O3. The number of benzene rings is 2. The Bertz CT molecular complexity index is 965. The molecule has 0 radical (unpaired) electrons. The second-order valence-corrected chi connectivity index (χ2v) is 8.47. The van der Waals surface area contributed by atoms with Crippen molar-refractivity contribution in [2.75, 3.05) is 31.1 Å². The Kier molecular flexibility index (Phi) is 6.98. The number of piperazine rings is 1. The molecular weight excluding hydrogens is 395 g/mol. The van der Waals surface area contributed by atoms with Crippen LogP contribution in [0.2, 0.25) is 0 Å². The lowest BCUT2D eigenvalue weighted by Crippen LogP contribution is -2.52. The molecule has 3 rings (SSSR count). The van der Waals surface area contributed by atoms with Crippen molar-refractivity contribution in [1.29, 1.82) is 0 Å². The van der Waals surface area contributed by atoms with Gasteiger partial charge in [-0.05, 0) is 68.1 Å². The van der Waals surface area contributed by atoms with Crippen LogP contribution in [-0.2, 0) is 4.79 Å². The van der Waals surface area contributed by atoms with Gasteiger partial charge in [-0.15, -0.1) is 0 Å². The van der Waals surface area contributed by atoms with Crippen molar-refractivity contribution >= 4 is 17.4 Å². The van der Waals surface area contributed by atoms with Crippen LogP contribution in [0, 0.1) is 12.7 Å². The number of nitrogens with zero attached hydrogens (tertiary/aromatic N) is 2. The zero-order chi connectivity index (χ0) is 22.7. The molecule has 1 unspecified atom stereocenters. The van der Waals surface area contributed by atoms with Crippen LogP contribution in [-0.4, -0.2) is 48.9 Å². The van der Waals surface area contributed by atoms with Gasteiger partial charge in [-0.3, -0.25) is 9.59 Å². The molecule has 1 amide bonds. The van der Waals surface area contributed by atoms with Crippen LogP contribution in [0.15, 0.2) is 36.4 Å². The molecule has 0 saturated carbocycles. The smallest absolute Gasteiger partial charge is 0.263 e. The molecule has 0 N–H and O–H groups in total. The summed E-state index contributed by atoms with van der Waals surface area (Å²) in [6.07, 6.45) is -0.595. The highest BCUT2D eigenvalue weighted by Gasteiger charge is 2.27. The monoisotopic (exact) mass is 426 g/mol. The number of carbonyl (C=O) groups excluding carboxylic acids is 2. The fourth-order valence-corrected chi connectivity index (χ4v) is 4.03. The number of ether oxygens (including phenoxy) is 1. The minimum absolute atomic E-state index is 0.0716. The first-order valence-electron chi connectivity index (χ1n) is 10.8. The number of Topliss-reactive ketones (excluding diaryl/α,β-unsaturated/α-hetero) is 1. The third-order valence-electron chi connectivity index (χ3n) is 5.81. The van der Waals surface area contributed by atoms with E-state index in [0.29, 0.717) is 49.1 Å². The summed E-state index contributed by atoms with van der Waals surface area (Å²) in [5, 5.41) is 0. The van der Waals surface area contributed by atoms with E-state index in [0.717, 1.165) is 5.56 Å². The van der Waals surface area contributed by atoms with Crippen LogP contribution in [0.25, 0.3) is 0 Å². The lowest BCUT2D eigenvalue weighted by Gasteiger charge is -2.37. The highest BCUT2D eigenvalue weighted by Crippen LogP contribution is 2.25. The topological polar surface area (TPSA) is 49.9 Å². The maximum atomic E-state index is 14.4. The van der Waals surface area contributed by atoms with Crippen LogP contribution in [0.4, 0.5) is 10.1 Å². The molecule has 0 aliphatic carbocycles. The van der Waals surface area contributed by atoms with Crippen molar-refractivity contribution in [2.45, 2.75) is 46.6 Å². The second kappa shape index (κ2) is 9.50. The fraction of sp³-hybridized carbons (Fsp3) is 0.440. The predicted octanol–water partition coefficient (Wildman–Crippen LogP) is 4.58. The highest BCUT2D eigenvalue weighted by molar-refractivity contribution is 5.94. The number of hydrogen-bond donors (Lipinski definition) is 0. The molecule has 1 aliphatic rings. The largest absolute Gasteiger partial charge is 0.481 e. The first-order valence-corrected chi connectivity index (χ1v) is 10.8. The van der Waals surface area contributed by atoms with Crippen molar-refractivity contribution in [3.63, 3.8) is 0 Å². The van der Waals surface area contributed by atoms with E-state index in [4.69, 9.17) is 4.74 Å². The Hall–Kier alpha value is -2.89. The summed E-state index contributed by atoms with van der Waals surface area (Å²) in [5.41, 5.74) is 3.24. The molecule has 6 heteroatoms.